The predicted molar refractivity (Wildman–Crippen MR) is 86.8 cm³/mol. The van der Waals surface area contributed by atoms with Crippen molar-refractivity contribution in [3.8, 4) is 0 Å². The quantitative estimate of drug-likeness (QED) is 0.565. The molecule has 0 spiro atoms. The summed E-state index contributed by atoms with van der Waals surface area (Å²) in [7, 11) is -3.65. The van der Waals surface area contributed by atoms with Crippen LogP contribution in [0.25, 0.3) is 6.08 Å². The van der Waals surface area contributed by atoms with Crippen molar-refractivity contribution in [2.75, 3.05) is 4.72 Å². The third-order valence-electron chi connectivity index (χ3n) is 2.81. The molecular weight excluding hydrogens is 300 g/mol. The van der Waals surface area contributed by atoms with Gasteiger partial charge in [-0.15, -0.1) is 0 Å². The van der Waals surface area contributed by atoms with Crippen molar-refractivity contribution in [1.82, 2.24) is 5.48 Å². The standard InChI is InChI=1S/C16H16N2O3S/c1-13(17-19)10-11-14-6-5-9-16(12-14)22(20,21)18-15-7-3-2-4-8-15/h2-12,17-19H,1H2/b11-10+. The number of anilines is 1. The second kappa shape index (κ2) is 6.93. The molecule has 114 valence electrons. The van der Waals surface area contributed by atoms with Crippen molar-refractivity contribution in [3.63, 3.8) is 0 Å². The van der Waals surface area contributed by atoms with E-state index in [0.29, 0.717) is 16.9 Å². The number of benzene rings is 2. The molecule has 2 aromatic carbocycles. The summed E-state index contributed by atoms with van der Waals surface area (Å²) in [6.07, 6.45) is 3.18. The highest BCUT2D eigenvalue weighted by molar-refractivity contribution is 7.92. The lowest BCUT2D eigenvalue weighted by Crippen LogP contribution is -2.12. The minimum absolute atomic E-state index is 0.154. The molecule has 0 unspecified atom stereocenters. The molecule has 0 saturated heterocycles. The molecule has 0 amide bonds. The third kappa shape index (κ3) is 4.21. The molecule has 0 aliphatic carbocycles. The van der Waals surface area contributed by atoms with E-state index in [-0.39, 0.29) is 4.90 Å². The summed E-state index contributed by atoms with van der Waals surface area (Å²) in [5.74, 6) is 0. The van der Waals surface area contributed by atoms with E-state index >= 15 is 0 Å². The van der Waals surface area contributed by atoms with Gasteiger partial charge in [0.1, 0.15) is 0 Å². The van der Waals surface area contributed by atoms with Crippen LogP contribution in [0.3, 0.4) is 0 Å². The number of sulfonamides is 1. The SMILES string of the molecule is C=C(/C=C/c1cccc(S(=O)(=O)Nc2ccccc2)c1)NO. The smallest absolute Gasteiger partial charge is 0.261 e. The summed E-state index contributed by atoms with van der Waals surface area (Å²) in [5.41, 5.74) is 3.38. The normalized spacial score (nSPS) is 11.3. The first-order valence-corrected chi connectivity index (χ1v) is 7.94. The fourth-order valence-electron chi connectivity index (χ4n) is 1.74. The van der Waals surface area contributed by atoms with Gasteiger partial charge in [-0.05, 0) is 35.9 Å². The van der Waals surface area contributed by atoms with Crippen LogP contribution in [-0.4, -0.2) is 13.6 Å². The lowest BCUT2D eigenvalue weighted by molar-refractivity contribution is 0.205. The van der Waals surface area contributed by atoms with Gasteiger partial charge in [-0.25, -0.2) is 8.42 Å². The van der Waals surface area contributed by atoms with E-state index in [1.807, 2.05) is 11.5 Å². The molecule has 0 radical (unpaired) electrons. The van der Waals surface area contributed by atoms with Crippen molar-refractivity contribution in [2.24, 2.45) is 0 Å². The molecule has 5 nitrogen and oxygen atoms in total. The number of hydrogen-bond donors (Lipinski definition) is 3. The molecule has 0 aromatic heterocycles. The molecular formula is C16H16N2O3S. The Hall–Kier alpha value is -2.57. The molecule has 0 atom stereocenters. The molecule has 2 rings (SSSR count). The van der Waals surface area contributed by atoms with Crippen molar-refractivity contribution in [3.05, 3.63) is 78.5 Å². The number of nitrogens with one attached hydrogen (secondary N) is 2. The van der Waals surface area contributed by atoms with Gasteiger partial charge in [-0.1, -0.05) is 43.0 Å². The summed E-state index contributed by atoms with van der Waals surface area (Å²) in [5, 5.41) is 8.65. The van der Waals surface area contributed by atoms with E-state index in [2.05, 4.69) is 11.3 Å². The Balaban J connectivity index is 2.25. The first kappa shape index (κ1) is 15.8. The summed E-state index contributed by atoms with van der Waals surface area (Å²) < 4.78 is 27.2. The molecule has 6 heteroatoms. The van der Waals surface area contributed by atoms with Gasteiger partial charge in [-0.2, -0.15) is 0 Å². The molecule has 22 heavy (non-hydrogen) atoms. The monoisotopic (exact) mass is 316 g/mol. The average molecular weight is 316 g/mol. The topological polar surface area (TPSA) is 78.4 Å². The maximum Gasteiger partial charge on any atom is 0.261 e. The molecule has 0 aliphatic heterocycles. The van der Waals surface area contributed by atoms with Crippen LogP contribution in [0.15, 0.2) is 77.8 Å². The first-order chi connectivity index (χ1) is 10.5. The summed E-state index contributed by atoms with van der Waals surface area (Å²) >= 11 is 0. The Kier molecular flexibility index (Phi) is 4.98. The molecule has 0 fully saturated rings. The van der Waals surface area contributed by atoms with Gasteiger partial charge in [-0.3, -0.25) is 15.4 Å². The van der Waals surface area contributed by atoms with Gasteiger partial charge in [0.2, 0.25) is 0 Å². The minimum atomic E-state index is -3.65. The predicted octanol–water partition coefficient (Wildman–Crippen LogP) is 2.99. The van der Waals surface area contributed by atoms with Crippen LogP contribution in [0, 0.1) is 0 Å². The van der Waals surface area contributed by atoms with E-state index in [1.165, 1.54) is 18.2 Å². The zero-order valence-electron chi connectivity index (χ0n) is 11.7. The Bertz CT molecular complexity index is 784. The van der Waals surface area contributed by atoms with Gasteiger partial charge in [0.05, 0.1) is 10.6 Å². The van der Waals surface area contributed by atoms with E-state index in [9.17, 15) is 8.42 Å². The number of para-hydroxylation sites is 1. The Morgan fingerprint density at radius 1 is 1.09 bits per heavy atom. The summed E-state index contributed by atoms with van der Waals surface area (Å²) in [6, 6.07) is 15.1. The first-order valence-electron chi connectivity index (χ1n) is 6.46. The van der Waals surface area contributed by atoms with E-state index in [0.717, 1.165) is 0 Å². The molecule has 0 bridgehead atoms. The highest BCUT2D eigenvalue weighted by Crippen LogP contribution is 2.17. The van der Waals surface area contributed by atoms with Crippen molar-refractivity contribution >= 4 is 21.8 Å². The highest BCUT2D eigenvalue weighted by Gasteiger charge is 2.13. The maximum atomic E-state index is 12.3. The van der Waals surface area contributed by atoms with Crippen LogP contribution in [0.5, 0.6) is 0 Å². The summed E-state index contributed by atoms with van der Waals surface area (Å²) in [6.45, 7) is 3.54. The van der Waals surface area contributed by atoms with Gasteiger partial charge in [0.15, 0.2) is 0 Å². The van der Waals surface area contributed by atoms with Crippen molar-refractivity contribution in [1.29, 1.82) is 0 Å². The largest absolute Gasteiger partial charge is 0.291 e. The van der Waals surface area contributed by atoms with E-state index < -0.39 is 10.0 Å². The number of allylic oxidation sites excluding steroid dienone is 1. The maximum absolute atomic E-state index is 12.3. The van der Waals surface area contributed by atoms with E-state index in [4.69, 9.17) is 5.21 Å². The van der Waals surface area contributed by atoms with Crippen LogP contribution in [-0.2, 0) is 10.0 Å². The van der Waals surface area contributed by atoms with Crippen LogP contribution in [0.1, 0.15) is 5.56 Å². The highest BCUT2D eigenvalue weighted by atomic mass is 32.2. The molecule has 0 saturated carbocycles. The van der Waals surface area contributed by atoms with E-state index in [1.54, 1.807) is 42.5 Å². The van der Waals surface area contributed by atoms with Gasteiger partial charge in [0.25, 0.3) is 10.0 Å². The Morgan fingerprint density at radius 2 is 1.82 bits per heavy atom. The molecule has 0 heterocycles. The third-order valence-corrected chi connectivity index (χ3v) is 4.19. The minimum Gasteiger partial charge on any atom is -0.291 e. The van der Waals surface area contributed by atoms with Crippen molar-refractivity contribution in [2.45, 2.75) is 4.90 Å². The fraction of sp³-hybridized carbons (Fsp3) is 0. The molecule has 0 aliphatic rings. The van der Waals surface area contributed by atoms with Crippen LogP contribution >= 0.6 is 0 Å². The zero-order chi connectivity index (χ0) is 16.0. The Morgan fingerprint density at radius 3 is 2.50 bits per heavy atom. The zero-order valence-corrected chi connectivity index (χ0v) is 12.5. The second-order valence-electron chi connectivity index (χ2n) is 4.51. The van der Waals surface area contributed by atoms with Crippen LogP contribution in [0.2, 0.25) is 0 Å². The van der Waals surface area contributed by atoms with Crippen LogP contribution in [0.4, 0.5) is 5.69 Å². The van der Waals surface area contributed by atoms with Gasteiger partial charge >= 0.3 is 0 Å². The van der Waals surface area contributed by atoms with Crippen LogP contribution < -0.4 is 10.2 Å². The lowest BCUT2D eigenvalue weighted by Gasteiger charge is -2.08. The number of hydroxylamine groups is 1. The van der Waals surface area contributed by atoms with Crippen molar-refractivity contribution < 1.29 is 13.6 Å². The Labute approximate surface area is 129 Å². The summed E-state index contributed by atoms with van der Waals surface area (Å²) in [4.78, 5) is 0.154. The number of rotatable bonds is 6. The van der Waals surface area contributed by atoms with Gasteiger partial charge in [0, 0.05) is 5.69 Å². The lowest BCUT2D eigenvalue weighted by atomic mass is 10.2. The molecule has 3 N–H and O–H groups in total. The molecule has 2 aromatic rings. The average Bonchev–Trinajstić information content (AvgIpc) is 2.53. The fourth-order valence-corrected chi connectivity index (χ4v) is 2.85. The number of hydrogen-bond acceptors (Lipinski definition) is 4. The second-order valence-corrected chi connectivity index (χ2v) is 6.20. The van der Waals surface area contributed by atoms with Gasteiger partial charge < -0.3 is 0 Å².